The van der Waals surface area contributed by atoms with E-state index in [-0.39, 0.29) is 23.5 Å². The number of carboxylic acid groups (broad SMARTS) is 1. The Labute approximate surface area is 71.8 Å². The molecule has 0 radical (unpaired) electrons. The second-order valence-electron chi connectivity index (χ2n) is 3.58. The average molecular weight is 170 g/mol. The summed E-state index contributed by atoms with van der Waals surface area (Å²) in [6, 6.07) is 0. The summed E-state index contributed by atoms with van der Waals surface area (Å²) in [5, 5.41) is 8.74. The fourth-order valence-electron chi connectivity index (χ4n) is 1.89. The zero-order valence-electron chi connectivity index (χ0n) is 7.41. The summed E-state index contributed by atoms with van der Waals surface area (Å²) in [5.41, 5.74) is 0. The lowest BCUT2D eigenvalue weighted by Gasteiger charge is -2.17. The molecule has 3 heteroatoms. The van der Waals surface area contributed by atoms with Crippen LogP contribution in [0, 0.1) is 17.8 Å². The number of Topliss-reactive ketones (excluding diaryl/α,β-unsaturated/α-hetero) is 1. The maximum absolute atomic E-state index is 11.1. The lowest BCUT2D eigenvalue weighted by molar-refractivity contribution is -0.143. The molecule has 0 unspecified atom stereocenters. The van der Waals surface area contributed by atoms with Gasteiger partial charge in [-0.2, -0.15) is 0 Å². The van der Waals surface area contributed by atoms with Gasteiger partial charge in [0.15, 0.2) is 0 Å². The van der Waals surface area contributed by atoms with Gasteiger partial charge < -0.3 is 5.11 Å². The quantitative estimate of drug-likeness (QED) is 0.680. The van der Waals surface area contributed by atoms with Crippen molar-refractivity contribution in [1.29, 1.82) is 0 Å². The highest BCUT2D eigenvalue weighted by Gasteiger charge is 2.37. The molecular formula is C9H14O3. The van der Waals surface area contributed by atoms with Crippen LogP contribution < -0.4 is 0 Å². The Hall–Kier alpha value is -0.860. The number of hydrogen-bond acceptors (Lipinski definition) is 2. The Morgan fingerprint density at radius 3 is 2.58 bits per heavy atom. The van der Waals surface area contributed by atoms with Gasteiger partial charge in [-0.3, -0.25) is 9.59 Å². The third kappa shape index (κ3) is 1.49. The van der Waals surface area contributed by atoms with Crippen molar-refractivity contribution in [2.75, 3.05) is 0 Å². The van der Waals surface area contributed by atoms with Crippen molar-refractivity contribution in [3.05, 3.63) is 0 Å². The standard InChI is InChI=1S/C9H14O3/c1-5-7(3-4-8(5)10)6(2)9(11)12/h5-7H,3-4H2,1-2H3,(H,11,12)/t5-,6+,7+/m1/s1. The van der Waals surface area contributed by atoms with Crippen LogP contribution in [0.4, 0.5) is 0 Å². The minimum atomic E-state index is -0.790. The zero-order valence-corrected chi connectivity index (χ0v) is 7.41. The molecule has 0 aliphatic heterocycles. The van der Waals surface area contributed by atoms with Crippen LogP contribution in [-0.2, 0) is 9.59 Å². The first kappa shape index (κ1) is 9.23. The van der Waals surface area contributed by atoms with Crippen LogP contribution in [0.25, 0.3) is 0 Å². The number of aliphatic carboxylic acids is 1. The summed E-state index contributed by atoms with van der Waals surface area (Å²) < 4.78 is 0. The van der Waals surface area contributed by atoms with Crippen LogP contribution >= 0.6 is 0 Å². The molecule has 1 fully saturated rings. The van der Waals surface area contributed by atoms with E-state index >= 15 is 0 Å². The number of hydrogen-bond donors (Lipinski definition) is 1. The smallest absolute Gasteiger partial charge is 0.306 e. The van der Waals surface area contributed by atoms with Gasteiger partial charge in [0.05, 0.1) is 5.92 Å². The van der Waals surface area contributed by atoms with E-state index in [0.717, 1.165) is 6.42 Å². The number of carbonyl (C=O) groups excluding carboxylic acids is 1. The predicted molar refractivity (Wildman–Crippen MR) is 43.7 cm³/mol. The normalized spacial score (nSPS) is 32.0. The molecule has 1 aliphatic rings. The molecule has 0 heterocycles. The van der Waals surface area contributed by atoms with Crippen molar-refractivity contribution < 1.29 is 14.7 Å². The highest BCUT2D eigenvalue weighted by molar-refractivity contribution is 5.84. The van der Waals surface area contributed by atoms with Crippen LogP contribution in [-0.4, -0.2) is 16.9 Å². The Morgan fingerprint density at radius 1 is 1.67 bits per heavy atom. The topological polar surface area (TPSA) is 54.4 Å². The molecule has 1 rings (SSSR count). The highest BCUT2D eigenvalue weighted by Crippen LogP contribution is 2.34. The lowest BCUT2D eigenvalue weighted by Crippen LogP contribution is -2.24. The summed E-state index contributed by atoms with van der Waals surface area (Å²) in [7, 11) is 0. The first-order chi connectivity index (χ1) is 5.54. The maximum atomic E-state index is 11.1. The molecule has 0 amide bonds. The van der Waals surface area contributed by atoms with E-state index in [1.165, 1.54) is 0 Å². The molecule has 0 spiro atoms. The van der Waals surface area contributed by atoms with E-state index < -0.39 is 5.97 Å². The van der Waals surface area contributed by atoms with Crippen LogP contribution in [0.3, 0.4) is 0 Å². The molecule has 0 aromatic rings. The second-order valence-corrected chi connectivity index (χ2v) is 3.58. The predicted octanol–water partition coefficient (Wildman–Crippen LogP) is 1.32. The van der Waals surface area contributed by atoms with E-state index in [4.69, 9.17) is 5.11 Å². The van der Waals surface area contributed by atoms with E-state index in [1.54, 1.807) is 6.92 Å². The van der Waals surface area contributed by atoms with E-state index in [0.29, 0.717) is 6.42 Å². The first-order valence-corrected chi connectivity index (χ1v) is 4.29. The summed E-state index contributed by atoms with van der Waals surface area (Å²) in [6.07, 6.45) is 1.30. The summed E-state index contributed by atoms with van der Waals surface area (Å²) >= 11 is 0. The molecule has 3 nitrogen and oxygen atoms in total. The molecular weight excluding hydrogens is 156 g/mol. The summed E-state index contributed by atoms with van der Waals surface area (Å²) in [4.78, 5) is 21.7. The van der Waals surface area contributed by atoms with Gasteiger partial charge >= 0.3 is 5.97 Å². The van der Waals surface area contributed by atoms with Crippen LogP contribution in [0.1, 0.15) is 26.7 Å². The third-order valence-electron chi connectivity index (χ3n) is 2.91. The minimum absolute atomic E-state index is 0.0509. The first-order valence-electron chi connectivity index (χ1n) is 4.29. The SMILES string of the molecule is C[C@H](C(=O)O)[C@H]1CCC(=O)[C@@H]1C. The van der Waals surface area contributed by atoms with Gasteiger partial charge in [-0.05, 0) is 12.3 Å². The molecule has 1 N–H and O–H groups in total. The Bertz CT molecular complexity index is 210. The molecule has 0 saturated heterocycles. The van der Waals surface area contributed by atoms with E-state index in [1.807, 2.05) is 6.92 Å². The summed E-state index contributed by atoms with van der Waals surface area (Å²) in [6.45, 7) is 3.52. The van der Waals surface area contributed by atoms with Gasteiger partial charge in [0.1, 0.15) is 5.78 Å². The van der Waals surface area contributed by atoms with Gasteiger partial charge in [0, 0.05) is 12.3 Å². The molecule has 0 bridgehead atoms. The molecule has 68 valence electrons. The van der Waals surface area contributed by atoms with E-state index in [2.05, 4.69) is 0 Å². The van der Waals surface area contributed by atoms with Crippen molar-refractivity contribution in [3.63, 3.8) is 0 Å². The van der Waals surface area contributed by atoms with Gasteiger partial charge in [0.25, 0.3) is 0 Å². The fourth-order valence-corrected chi connectivity index (χ4v) is 1.89. The maximum Gasteiger partial charge on any atom is 0.306 e. The van der Waals surface area contributed by atoms with Crippen LogP contribution in [0.5, 0.6) is 0 Å². The number of carboxylic acids is 1. The van der Waals surface area contributed by atoms with Crippen molar-refractivity contribution in [2.45, 2.75) is 26.7 Å². The van der Waals surface area contributed by atoms with Gasteiger partial charge in [-0.15, -0.1) is 0 Å². The number of rotatable bonds is 2. The fraction of sp³-hybridized carbons (Fsp3) is 0.778. The number of carbonyl (C=O) groups is 2. The van der Waals surface area contributed by atoms with Crippen molar-refractivity contribution in [3.8, 4) is 0 Å². The molecule has 0 aromatic carbocycles. The third-order valence-corrected chi connectivity index (χ3v) is 2.91. The zero-order chi connectivity index (χ0) is 9.30. The average Bonchev–Trinajstić information content (AvgIpc) is 2.32. The summed E-state index contributed by atoms with van der Waals surface area (Å²) in [5.74, 6) is -0.966. The highest BCUT2D eigenvalue weighted by atomic mass is 16.4. The van der Waals surface area contributed by atoms with Gasteiger partial charge in [0.2, 0.25) is 0 Å². The van der Waals surface area contributed by atoms with Crippen molar-refractivity contribution in [1.82, 2.24) is 0 Å². The number of ketones is 1. The molecule has 0 aromatic heterocycles. The van der Waals surface area contributed by atoms with Gasteiger partial charge in [-0.25, -0.2) is 0 Å². The Balaban J connectivity index is 2.65. The molecule has 3 atom stereocenters. The Kier molecular flexibility index (Phi) is 2.50. The largest absolute Gasteiger partial charge is 0.481 e. The lowest BCUT2D eigenvalue weighted by atomic mass is 9.86. The molecule has 12 heavy (non-hydrogen) atoms. The monoisotopic (exact) mass is 170 g/mol. The van der Waals surface area contributed by atoms with E-state index in [9.17, 15) is 9.59 Å². The molecule has 1 saturated carbocycles. The Morgan fingerprint density at radius 2 is 2.25 bits per heavy atom. The van der Waals surface area contributed by atoms with Gasteiger partial charge in [-0.1, -0.05) is 13.8 Å². The van der Waals surface area contributed by atoms with Crippen molar-refractivity contribution in [2.24, 2.45) is 17.8 Å². The van der Waals surface area contributed by atoms with Crippen LogP contribution in [0.15, 0.2) is 0 Å². The van der Waals surface area contributed by atoms with Crippen LogP contribution in [0.2, 0.25) is 0 Å². The van der Waals surface area contributed by atoms with Crippen molar-refractivity contribution >= 4 is 11.8 Å². The second kappa shape index (κ2) is 3.25. The molecule has 1 aliphatic carbocycles. The minimum Gasteiger partial charge on any atom is -0.481 e.